The molecule has 180 valence electrons. The molecule has 2 aliphatic rings. The minimum Gasteiger partial charge on any atom is -0.377 e. The highest BCUT2D eigenvalue weighted by Gasteiger charge is 2.42. The van der Waals surface area contributed by atoms with Crippen LogP contribution in [0.3, 0.4) is 0 Å². The number of aromatic nitrogens is 2. The van der Waals surface area contributed by atoms with Crippen LogP contribution in [0.1, 0.15) is 63.3 Å². The number of fused-ring (bicyclic) bond motifs is 1. The molecule has 0 radical (unpaired) electrons. The second-order valence-corrected chi connectivity index (χ2v) is 10.8. The Hall–Kier alpha value is -2.82. The van der Waals surface area contributed by atoms with Gasteiger partial charge in [-0.15, -0.1) is 0 Å². The summed E-state index contributed by atoms with van der Waals surface area (Å²) in [6, 6.07) is 15.6. The smallest absolute Gasteiger partial charge is 0.140 e. The second-order valence-electron chi connectivity index (χ2n) is 10.8. The maximum absolute atomic E-state index is 5.24. The van der Waals surface area contributed by atoms with E-state index in [-0.39, 0.29) is 5.41 Å². The molecule has 1 aliphatic heterocycles. The lowest BCUT2D eigenvalue weighted by atomic mass is 9.88. The summed E-state index contributed by atoms with van der Waals surface area (Å²) in [7, 11) is 6.47. The van der Waals surface area contributed by atoms with Crippen molar-refractivity contribution >= 4 is 28.1 Å². The SMILES string of the molecule is CCCN(C)c1ccc2nc(C3(C)CC3)nc(N3CCC(c4ccccc4N(C)C)CC3)c2c1. The molecule has 1 saturated heterocycles. The van der Waals surface area contributed by atoms with E-state index in [4.69, 9.17) is 9.97 Å². The van der Waals surface area contributed by atoms with Crippen molar-refractivity contribution in [1.82, 2.24) is 9.97 Å². The molecule has 1 saturated carbocycles. The molecule has 2 heterocycles. The molecule has 0 unspecified atom stereocenters. The lowest BCUT2D eigenvalue weighted by Gasteiger charge is -2.35. The van der Waals surface area contributed by atoms with E-state index in [0.717, 1.165) is 56.1 Å². The van der Waals surface area contributed by atoms with Gasteiger partial charge in [-0.2, -0.15) is 0 Å². The Balaban J connectivity index is 1.47. The van der Waals surface area contributed by atoms with Gasteiger partial charge >= 0.3 is 0 Å². The number of benzene rings is 2. The van der Waals surface area contributed by atoms with Crippen molar-refractivity contribution in [3.8, 4) is 0 Å². The lowest BCUT2D eigenvalue weighted by Crippen LogP contribution is -2.34. The first-order valence-electron chi connectivity index (χ1n) is 12.9. The molecule has 2 aromatic carbocycles. The summed E-state index contributed by atoms with van der Waals surface area (Å²) >= 11 is 0. The second kappa shape index (κ2) is 9.09. The summed E-state index contributed by atoms with van der Waals surface area (Å²) in [6.07, 6.45) is 5.82. The molecule has 34 heavy (non-hydrogen) atoms. The van der Waals surface area contributed by atoms with Gasteiger partial charge in [0.2, 0.25) is 0 Å². The third-order valence-corrected chi connectivity index (χ3v) is 7.85. The van der Waals surface area contributed by atoms with E-state index in [1.54, 1.807) is 0 Å². The Kier molecular flexibility index (Phi) is 6.13. The fourth-order valence-corrected chi connectivity index (χ4v) is 5.37. The molecule has 3 aromatic rings. The van der Waals surface area contributed by atoms with Crippen LogP contribution in [0.25, 0.3) is 10.9 Å². The van der Waals surface area contributed by atoms with Crippen molar-refractivity contribution in [2.75, 3.05) is 55.5 Å². The van der Waals surface area contributed by atoms with Gasteiger partial charge in [0.25, 0.3) is 0 Å². The average molecular weight is 458 g/mol. The van der Waals surface area contributed by atoms with Crippen LogP contribution in [0.15, 0.2) is 42.5 Å². The van der Waals surface area contributed by atoms with Gasteiger partial charge in [0.1, 0.15) is 11.6 Å². The molecule has 0 atom stereocenters. The molecule has 1 aliphatic carbocycles. The Bertz CT molecular complexity index is 1160. The number of hydrogen-bond acceptors (Lipinski definition) is 5. The normalized spacial score (nSPS) is 17.7. The molecule has 5 heteroatoms. The van der Waals surface area contributed by atoms with Crippen molar-refractivity contribution in [2.24, 2.45) is 0 Å². The zero-order chi connectivity index (χ0) is 23.9. The molecule has 5 rings (SSSR count). The van der Waals surface area contributed by atoms with Gasteiger partial charge in [-0.05, 0) is 67.9 Å². The Morgan fingerprint density at radius 2 is 1.74 bits per heavy atom. The molecule has 0 N–H and O–H groups in total. The quantitative estimate of drug-likeness (QED) is 0.436. The topological polar surface area (TPSA) is 35.5 Å². The molecule has 0 amide bonds. The van der Waals surface area contributed by atoms with E-state index >= 15 is 0 Å². The van der Waals surface area contributed by atoms with E-state index < -0.39 is 0 Å². The Labute approximate surface area is 204 Å². The van der Waals surface area contributed by atoms with Crippen LogP contribution in [-0.4, -0.2) is 50.7 Å². The third kappa shape index (κ3) is 4.33. The number of hydrogen-bond donors (Lipinski definition) is 0. The van der Waals surface area contributed by atoms with Crippen LogP contribution in [0, 0.1) is 0 Å². The van der Waals surface area contributed by atoms with Crippen LogP contribution < -0.4 is 14.7 Å². The van der Waals surface area contributed by atoms with Gasteiger partial charge in [0.15, 0.2) is 0 Å². The molecule has 5 nitrogen and oxygen atoms in total. The summed E-state index contributed by atoms with van der Waals surface area (Å²) in [5, 5.41) is 1.19. The number of anilines is 3. The zero-order valence-corrected chi connectivity index (χ0v) is 21.5. The van der Waals surface area contributed by atoms with E-state index in [9.17, 15) is 0 Å². The number of rotatable bonds is 7. The van der Waals surface area contributed by atoms with Gasteiger partial charge in [-0.3, -0.25) is 0 Å². The van der Waals surface area contributed by atoms with Crippen molar-refractivity contribution in [1.29, 1.82) is 0 Å². The fraction of sp³-hybridized carbons (Fsp3) is 0.517. The van der Waals surface area contributed by atoms with Crippen LogP contribution in [0.4, 0.5) is 17.2 Å². The Morgan fingerprint density at radius 1 is 1.00 bits per heavy atom. The predicted molar refractivity (Wildman–Crippen MR) is 145 cm³/mol. The van der Waals surface area contributed by atoms with Gasteiger partial charge < -0.3 is 14.7 Å². The molecule has 0 spiro atoms. The van der Waals surface area contributed by atoms with Gasteiger partial charge in [0.05, 0.1) is 5.52 Å². The maximum atomic E-state index is 5.24. The van der Waals surface area contributed by atoms with Crippen molar-refractivity contribution in [3.05, 3.63) is 53.9 Å². The molecular formula is C29H39N5. The number of piperidine rings is 1. The van der Waals surface area contributed by atoms with Crippen LogP contribution in [0.2, 0.25) is 0 Å². The highest BCUT2D eigenvalue weighted by molar-refractivity contribution is 5.92. The molecular weight excluding hydrogens is 418 g/mol. The van der Waals surface area contributed by atoms with Crippen molar-refractivity contribution in [2.45, 2.75) is 57.3 Å². The van der Waals surface area contributed by atoms with Crippen molar-refractivity contribution in [3.63, 3.8) is 0 Å². The molecule has 0 bridgehead atoms. The third-order valence-electron chi connectivity index (χ3n) is 7.85. The minimum absolute atomic E-state index is 0.156. The lowest BCUT2D eigenvalue weighted by molar-refractivity contribution is 0.502. The van der Waals surface area contributed by atoms with Crippen LogP contribution >= 0.6 is 0 Å². The number of para-hydroxylation sites is 1. The first-order chi connectivity index (χ1) is 16.4. The van der Waals surface area contributed by atoms with Crippen molar-refractivity contribution < 1.29 is 0 Å². The summed E-state index contributed by atoms with van der Waals surface area (Å²) in [5.74, 6) is 2.76. The summed E-state index contributed by atoms with van der Waals surface area (Å²) in [5.41, 5.74) is 5.32. The fourth-order valence-electron chi connectivity index (χ4n) is 5.37. The van der Waals surface area contributed by atoms with Crippen LogP contribution in [-0.2, 0) is 5.41 Å². The van der Waals surface area contributed by atoms with E-state index in [2.05, 4.69) is 92.2 Å². The standard InChI is InChI=1S/C29H39N5/c1-6-17-33(5)22-11-12-25-24(20-22)27(31-28(30-25)29(2)15-16-29)34-18-13-21(14-19-34)23-9-7-8-10-26(23)32(3)4/h7-12,20-21H,6,13-19H2,1-5H3. The number of nitrogens with zero attached hydrogens (tertiary/aromatic N) is 5. The first kappa shape index (κ1) is 22.9. The van der Waals surface area contributed by atoms with E-state index in [1.165, 1.54) is 35.2 Å². The van der Waals surface area contributed by atoms with Gasteiger partial charge in [-0.1, -0.05) is 32.0 Å². The Morgan fingerprint density at radius 3 is 2.41 bits per heavy atom. The first-order valence-corrected chi connectivity index (χ1v) is 12.9. The molecule has 2 fully saturated rings. The summed E-state index contributed by atoms with van der Waals surface area (Å²) in [6.45, 7) is 7.65. The van der Waals surface area contributed by atoms with Gasteiger partial charge in [0, 0.05) is 63.0 Å². The average Bonchev–Trinajstić information content (AvgIpc) is 3.61. The van der Waals surface area contributed by atoms with E-state index in [0.29, 0.717) is 5.92 Å². The highest BCUT2D eigenvalue weighted by Crippen LogP contribution is 2.47. The largest absolute Gasteiger partial charge is 0.377 e. The summed E-state index contributed by atoms with van der Waals surface area (Å²) in [4.78, 5) is 17.4. The monoisotopic (exact) mass is 457 g/mol. The zero-order valence-electron chi connectivity index (χ0n) is 21.5. The predicted octanol–water partition coefficient (Wildman–Crippen LogP) is 5.98. The maximum Gasteiger partial charge on any atom is 0.140 e. The van der Waals surface area contributed by atoms with E-state index in [1.807, 2.05) is 0 Å². The van der Waals surface area contributed by atoms with Gasteiger partial charge in [-0.25, -0.2) is 9.97 Å². The van der Waals surface area contributed by atoms with Crippen LogP contribution in [0.5, 0.6) is 0 Å². The highest BCUT2D eigenvalue weighted by atomic mass is 15.2. The summed E-state index contributed by atoms with van der Waals surface area (Å²) < 4.78 is 0. The molecule has 1 aromatic heterocycles. The minimum atomic E-state index is 0.156.